The predicted octanol–water partition coefficient (Wildman–Crippen LogP) is 2.80. The highest BCUT2D eigenvalue weighted by atomic mass is 16.2. The summed E-state index contributed by atoms with van der Waals surface area (Å²) in [5.74, 6) is 1.29. The molecule has 0 spiro atoms. The summed E-state index contributed by atoms with van der Waals surface area (Å²) in [7, 11) is 2.02. The number of nitrogens with zero attached hydrogens (tertiary/aromatic N) is 1. The van der Waals surface area contributed by atoms with E-state index in [0.29, 0.717) is 5.91 Å². The van der Waals surface area contributed by atoms with E-state index in [-0.39, 0.29) is 5.41 Å². The molecule has 0 bridgehead atoms. The fourth-order valence-electron chi connectivity index (χ4n) is 3.88. The summed E-state index contributed by atoms with van der Waals surface area (Å²) in [4.78, 5) is 15.0. The molecule has 0 aromatic heterocycles. The van der Waals surface area contributed by atoms with Crippen molar-refractivity contribution < 1.29 is 4.79 Å². The second-order valence-electron chi connectivity index (χ2n) is 6.47. The van der Waals surface area contributed by atoms with E-state index in [1.54, 1.807) is 0 Å². The van der Waals surface area contributed by atoms with Crippen LogP contribution in [0.15, 0.2) is 0 Å². The third-order valence-corrected chi connectivity index (χ3v) is 5.40. The van der Waals surface area contributed by atoms with Gasteiger partial charge in [0.05, 0.1) is 0 Å². The zero-order chi connectivity index (χ0) is 13.7. The van der Waals surface area contributed by atoms with E-state index in [1.165, 1.54) is 32.1 Å². The number of nitrogens with one attached hydrogen (secondary N) is 1. The first-order valence-corrected chi connectivity index (χ1v) is 8.16. The van der Waals surface area contributed by atoms with Crippen LogP contribution in [0.25, 0.3) is 0 Å². The molecule has 110 valence electrons. The fraction of sp³-hybridized carbons (Fsp3) is 0.938. The van der Waals surface area contributed by atoms with Crippen LogP contribution in [0.5, 0.6) is 0 Å². The molecule has 19 heavy (non-hydrogen) atoms. The maximum atomic E-state index is 12.8. The third kappa shape index (κ3) is 3.31. The van der Waals surface area contributed by atoms with Crippen LogP contribution in [0.3, 0.4) is 0 Å². The molecule has 1 aliphatic carbocycles. The van der Waals surface area contributed by atoms with Crippen molar-refractivity contribution in [2.24, 2.45) is 11.3 Å². The lowest BCUT2D eigenvalue weighted by Crippen LogP contribution is -2.46. The molecule has 2 aliphatic rings. The maximum absolute atomic E-state index is 12.8. The number of piperidine rings is 1. The van der Waals surface area contributed by atoms with Gasteiger partial charge in [-0.05, 0) is 58.0 Å². The summed E-state index contributed by atoms with van der Waals surface area (Å²) < 4.78 is 0. The Hall–Kier alpha value is -0.570. The molecule has 1 amide bonds. The normalized spacial score (nSPS) is 23.8. The van der Waals surface area contributed by atoms with Crippen molar-refractivity contribution in [3.05, 3.63) is 0 Å². The molecule has 0 unspecified atom stereocenters. The second-order valence-corrected chi connectivity index (χ2v) is 6.47. The van der Waals surface area contributed by atoms with E-state index in [0.717, 1.165) is 44.8 Å². The summed E-state index contributed by atoms with van der Waals surface area (Å²) in [5.41, 5.74) is 0.0117. The molecule has 0 aromatic rings. The summed E-state index contributed by atoms with van der Waals surface area (Å²) in [6.45, 7) is 5.30. The number of amides is 1. The summed E-state index contributed by atoms with van der Waals surface area (Å²) in [6.07, 6.45) is 9.45. The van der Waals surface area contributed by atoms with Crippen molar-refractivity contribution in [2.75, 3.05) is 26.7 Å². The molecule has 3 nitrogen and oxygen atoms in total. The Balaban J connectivity index is 1.85. The van der Waals surface area contributed by atoms with E-state index in [4.69, 9.17) is 0 Å². The van der Waals surface area contributed by atoms with E-state index in [2.05, 4.69) is 17.1 Å². The standard InChI is InChI=1S/C16H30N2O/c1-3-16(9-4-5-10-16)15(19)18-12-7-14(8-13-18)6-11-17-2/h14,17H,3-13H2,1-2H3. The Morgan fingerprint density at radius 3 is 2.42 bits per heavy atom. The van der Waals surface area contributed by atoms with Crippen LogP contribution in [0.4, 0.5) is 0 Å². The third-order valence-electron chi connectivity index (χ3n) is 5.40. The van der Waals surface area contributed by atoms with Crippen molar-refractivity contribution in [1.82, 2.24) is 10.2 Å². The average molecular weight is 266 g/mol. The van der Waals surface area contributed by atoms with Gasteiger partial charge in [0.2, 0.25) is 5.91 Å². The Morgan fingerprint density at radius 2 is 1.89 bits per heavy atom. The number of hydrogen-bond acceptors (Lipinski definition) is 2. The number of carbonyl (C=O) groups excluding carboxylic acids is 1. The average Bonchev–Trinajstić information content (AvgIpc) is 2.95. The minimum atomic E-state index is 0.0117. The van der Waals surface area contributed by atoms with Crippen molar-refractivity contribution >= 4 is 5.91 Å². The molecular formula is C16H30N2O. The Morgan fingerprint density at radius 1 is 1.26 bits per heavy atom. The fourth-order valence-corrected chi connectivity index (χ4v) is 3.88. The molecule has 1 saturated heterocycles. The number of carbonyl (C=O) groups is 1. The van der Waals surface area contributed by atoms with Crippen LogP contribution < -0.4 is 5.32 Å². The van der Waals surface area contributed by atoms with Gasteiger partial charge >= 0.3 is 0 Å². The topological polar surface area (TPSA) is 32.3 Å². The minimum absolute atomic E-state index is 0.0117. The van der Waals surface area contributed by atoms with Crippen LogP contribution in [0, 0.1) is 11.3 Å². The molecule has 1 saturated carbocycles. The first-order chi connectivity index (χ1) is 9.22. The molecule has 1 N–H and O–H groups in total. The Bertz CT molecular complexity index is 289. The summed E-state index contributed by atoms with van der Waals surface area (Å²) >= 11 is 0. The van der Waals surface area contributed by atoms with Crippen molar-refractivity contribution in [3.8, 4) is 0 Å². The highest BCUT2D eigenvalue weighted by Gasteiger charge is 2.42. The zero-order valence-corrected chi connectivity index (χ0v) is 12.7. The molecule has 2 fully saturated rings. The van der Waals surface area contributed by atoms with Crippen LogP contribution in [-0.2, 0) is 4.79 Å². The monoisotopic (exact) mass is 266 g/mol. The molecule has 1 aliphatic heterocycles. The lowest BCUT2D eigenvalue weighted by atomic mass is 9.81. The quantitative estimate of drug-likeness (QED) is 0.830. The second kappa shape index (κ2) is 6.74. The lowest BCUT2D eigenvalue weighted by Gasteiger charge is -2.38. The van der Waals surface area contributed by atoms with Gasteiger partial charge in [-0.3, -0.25) is 4.79 Å². The van der Waals surface area contributed by atoms with Crippen molar-refractivity contribution in [2.45, 2.75) is 58.3 Å². The molecular weight excluding hydrogens is 236 g/mol. The van der Waals surface area contributed by atoms with Crippen molar-refractivity contribution in [3.63, 3.8) is 0 Å². The van der Waals surface area contributed by atoms with Crippen LogP contribution in [-0.4, -0.2) is 37.5 Å². The van der Waals surface area contributed by atoms with E-state index >= 15 is 0 Å². The first-order valence-electron chi connectivity index (χ1n) is 8.16. The van der Waals surface area contributed by atoms with Gasteiger partial charge in [0.15, 0.2) is 0 Å². The van der Waals surface area contributed by atoms with Gasteiger partial charge in [-0.15, -0.1) is 0 Å². The SMILES string of the molecule is CCC1(C(=O)N2CCC(CCNC)CC2)CCCC1. The number of likely N-dealkylation sites (tertiary alicyclic amines) is 1. The molecule has 3 heteroatoms. The van der Waals surface area contributed by atoms with E-state index in [1.807, 2.05) is 7.05 Å². The smallest absolute Gasteiger partial charge is 0.228 e. The van der Waals surface area contributed by atoms with Gasteiger partial charge in [-0.1, -0.05) is 19.8 Å². The van der Waals surface area contributed by atoms with Gasteiger partial charge in [0.1, 0.15) is 0 Å². The molecule has 0 radical (unpaired) electrons. The van der Waals surface area contributed by atoms with Crippen molar-refractivity contribution in [1.29, 1.82) is 0 Å². The summed E-state index contributed by atoms with van der Waals surface area (Å²) in [5, 5.41) is 3.23. The van der Waals surface area contributed by atoms with Gasteiger partial charge in [0.25, 0.3) is 0 Å². The zero-order valence-electron chi connectivity index (χ0n) is 12.7. The lowest BCUT2D eigenvalue weighted by molar-refractivity contribution is -0.143. The Kier molecular flexibility index (Phi) is 5.26. The molecule has 2 rings (SSSR count). The summed E-state index contributed by atoms with van der Waals surface area (Å²) in [6, 6.07) is 0. The Labute approximate surface area is 118 Å². The predicted molar refractivity (Wildman–Crippen MR) is 79.0 cm³/mol. The largest absolute Gasteiger partial charge is 0.342 e. The van der Waals surface area contributed by atoms with Gasteiger partial charge in [0, 0.05) is 18.5 Å². The molecule has 0 aromatic carbocycles. The highest BCUT2D eigenvalue weighted by Crippen LogP contribution is 2.43. The first kappa shape index (κ1) is 14.8. The van der Waals surface area contributed by atoms with Crippen LogP contribution in [0.2, 0.25) is 0 Å². The van der Waals surface area contributed by atoms with E-state index < -0.39 is 0 Å². The van der Waals surface area contributed by atoms with Gasteiger partial charge in [-0.25, -0.2) is 0 Å². The minimum Gasteiger partial charge on any atom is -0.342 e. The number of hydrogen-bond donors (Lipinski definition) is 1. The van der Waals surface area contributed by atoms with Gasteiger partial charge in [-0.2, -0.15) is 0 Å². The van der Waals surface area contributed by atoms with E-state index in [9.17, 15) is 4.79 Å². The molecule has 1 heterocycles. The molecule has 0 atom stereocenters. The van der Waals surface area contributed by atoms with Gasteiger partial charge < -0.3 is 10.2 Å². The van der Waals surface area contributed by atoms with Crippen LogP contribution >= 0.6 is 0 Å². The number of rotatable bonds is 5. The highest BCUT2D eigenvalue weighted by molar-refractivity contribution is 5.83. The van der Waals surface area contributed by atoms with Crippen LogP contribution in [0.1, 0.15) is 58.3 Å². The maximum Gasteiger partial charge on any atom is 0.228 e.